The number of ketones is 2. The van der Waals surface area contributed by atoms with Crippen LogP contribution in [0.25, 0.3) is 0 Å². The lowest BCUT2D eigenvalue weighted by Crippen LogP contribution is -2.49. The highest BCUT2D eigenvalue weighted by Crippen LogP contribution is 2.42. The number of anilines is 2. The van der Waals surface area contributed by atoms with Crippen molar-refractivity contribution in [1.82, 2.24) is 10.6 Å². The molecule has 1 unspecified atom stereocenters. The molecule has 0 spiro atoms. The van der Waals surface area contributed by atoms with E-state index in [0.717, 1.165) is 6.42 Å². The average molecular weight is 584 g/mol. The minimum atomic E-state index is -0.831. The summed E-state index contributed by atoms with van der Waals surface area (Å²) in [4.78, 5) is 52.3. The monoisotopic (exact) mass is 583 g/mol. The van der Waals surface area contributed by atoms with Crippen LogP contribution in [-0.2, 0) is 9.53 Å². The first-order valence-electron chi connectivity index (χ1n) is 14.2. The van der Waals surface area contributed by atoms with Gasteiger partial charge >= 0.3 is 6.09 Å². The Labute approximate surface area is 245 Å². The van der Waals surface area contributed by atoms with Crippen LogP contribution in [0.5, 0.6) is 11.5 Å². The van der Waals surface area contributed by atoms with E-state index in [-0.39, 0.29) is 52.5 Å². The molecule has 0 aliphatic heterocycles. The third-order valence-electron chi connectivity index (χ3n) is 6.53. The molecule has 3 rings (SSSR count). The maximum atomic E-state index is 13.6. The lowest BCUT2D eigenvalue weighted by Gasteiger charge is -2.25. The lowest BCUT2D eigenvalue weighted by atomic mass is 9.81. The number of carbonyl (C=O) groups excluding carboxylic acids is 4. The molecule has 2 aromatic rings. The van der Waals surface area contributed by atoms with Crippen molar-refractivity contribution in [2.75, 3.05) is 36.8 Å². The number of ether oxygens (including phenoxy) is 1. The first-order chi connectivity index (χ1) is 19.9. The number of hydrogen-bond acceptors (Lipinski definition) is 10. The Balaban J connectivity index is 1.74. The second-order valence-electron chi connectivity index (χ2n) is 11.1. The SMILES string of the molecule is CCCNc1ccc(O)c2c1C(=O)c1c(O)ccc(NCCNC(=O)C(CCCCN)NC(=O)OC(C)(C)C)c1C2=O. The summed E-state index contributed by atoms with van der Waals surface area (Å²) in [5.41, 5.74) is 5.16. The molecule has 12 heteroatoms. The van der Waals surface area contributed by atoms with Crippen LogP contribution >= 0.6 is 0 Å². The number of nitrogens with one attached hydrogen (secondary N) is 4. The number of fused-ring (bicyclic) bond motifs is 2. The molecule has 8 N–H and O–H groups in total. The van der Waals surface area contributed by atoms with Crippen molar-refractivity contribution in [3.05, 3.63) is 46.5 Å². The highest BCUT2D eigenvalue weighted by Gasteiger charge is 2.38. The first-order valence-corrected chi connectivity index (χ1v) is 14.2. The standard InChI is InChI=1S/C30H41N5O7/c1-5-14-32-17-9-11-20(36)24-22(17)26(38)25-21(37)12-10-18(23(25)27(24)39)33-15-16-34-28(40)19(8-6-7-13-31)35-29(41)42-30(2,3)4/h9-12,19,32-33,36-37H,5-8,13-16,31H2,1-4H3,(H,34,40)(H,35,41). The predicted molar refractivity (Wildman–Crippen MR) is 159 cm³/mol. The molecule has 2 aromatic carbocycles. The van der Waals surface area contributed by atoms with E-state index in [2.05, 4.69) is 21.3 Å². The molecule has 0 bridgehead atoms. The number of benzene rings is 2. The van der Waals surface area contributed by atoms with E-state index in [4.69, 9.17) is 10.5 Å². The Morgan fingerprint density at radius 3 is 1.90 bits per heavy atom. The van der Waals surface area contributed by atoms with Crippen LogP contribution in [-0.4, -0.2) is 71.6 Å². The summed E-state index contributed by atoms with van der Waals surface area (Å²) >= 11 is 0. The molecule has 0 radical (unpaired) electrons. The van der Waals surface area contributed by atoms with Crippen LogP contribution in [0.2, 0.25) is 0 Å². The number of rotatable bonds is 13. The number of aromatic hydroxyl groups is 2. The second-order valence-corrected chi connectivity index (χ2v) is 11.1. The van der Waals surface area contributed by atoms with Gasteiger partial charge in [0.15, 0.2) is 0 Å². The number of unbranched alkanes of at least 4 members (excludes halogenated alkanes) is 1. The van der Waals surface area contributed by atoms with Crippen molar-refractivity contribution in [1.29, 1.82) is 0 Å². The van der Waals surface area contributed by atoms with Crippen LogP contribution in [0.3, 0.4) is 0 Å². The third-order valence-corrected chi connectivity index (χ3v) is 6.53. The third kappa shape index (κ3) is 7.69. The summed E-state index contributed by atoms with van der Waals surface area (Å²) in [6, 6.07) is 4.83. The zero-order chi connectivity index (χ0) is 31.0. The Kier molecular flexibility index (Phi) is 10.8. The fraction of sp³-hybridized carbons (Fsp3) is 0.467. The Bertz CT molecular complexity index is 1340. The van der Waals surface area contributed by atoms with Crippen LogP contribution in [0.4, 0.5) is 16.2 Å². The lowest BCUT2D eigenvalue weighted by molar-refractivity contribution is -0.123. The molecule has 0 saturated carbocycles. The van der Waals surface area contributed by atoms with E-state index in [0.29, 0.717) is 38.0 Å². The van der Waals surface area contributed by atoms with E-state index in [9.17, 15) is 29.4 Å². The Hall–Kier alpha value is -4.32. The van der Waals surface area contributed by atoms with Crippen LogP contribution < -0.4 is 27.0 Å². The fourth-order valence-corrected chi connectivity index (χ4v) is 4.64. The molecule has 0 saturated heterocycles. The van der Waals surface area contributed by atoms with Gasteiger partial charge in [0.05, 0.1) is 22.3 Å². The van der Waals surface area contributed by atoms with Crippen molar-refractivity contribution in [3.63, 3.8) is 0 Å². The van der Waals surface area contributed by atoms with Crippen molar-refractivity contribution < 1.29 is 34.1 Å². The van der Waals surface area contributed by atoms with Crippen molar-refractivity contribution >= 4 is 34.9 Å². The molecule has 0 fully saturated rings. The van der Waals surface area contributed by atoms with Crippen LogP contribution in [0.15, 0.2) is 24.3 Å². The van der Waals surface area contributed by atoms with Crippen molar-refractivity contribution in [2.24, 2.45) is 5.73 Å². The summed E-state index contributed by atoms with van der Waals surface area (Å²) in [5.74, 6) is -2.30. The number of alkyl carbamates (subject to hydrolysis) is 1. The minimum absolute atomic E-state index is 0.0128. The summed E-state index contributed by atoms with van der Waals surface area (Å²) in [6.07, 6.45) is 1.76. The number of carbonyl (C=O) groups is 4. The quantitative estimate of drug-likeness (QED) is 0.116. The molecule has 12 nitrogen and oxygen atoms in total. The van der Waals surface area contributed by atoms with E-state index in [1.807, 2.05) is 6.92 Å². The highest BCUT2D eigenvalue weighted by atomic mass is 16.6. The number of phenols is 2. The van der Waals surface area contributed by atoms with Crippen molar-refractivity contribution in [3.8, 4) is 11.5 Å². The molecule has 1 aliphatic rings. The smallest absolute Gasteiger partial charge is 0.408 e. The van der Waals surface area contributed by atoms with Gasteiger partial charge in [-0.25, -0.2) is 4.79 Å². The summed E-state index contributed by atoms with van der Waals surface area (Å²) in [6.45, 7) is 8.41. The topological polar surface area (TPSA) is 192 Å². The minimum Gasteiger partial charge on any atom is -0.507 e. The average Bonchev–Trinajstić information content (AvgIpc) is 2.92. The fourth-order valence-electron chi connectivity index (χ4n) is 4.64. The second kappa shape index (κ2) is 14.0. The molecule has 0 heterocycles. The van der Waals surface area contributed by atoms with Crippen LogP contribution in [0.1, 0.15) is 85.2 Å². The number of phenolic OH excluding ortho intramolecular Hbond substituents is 2. The van der Waals surface area contributed by atoms with Crippen molar-refractivity contribution in [2.45, 2.75) is 65.0 Å². The molecule has 0 aromatic heterocycles. The molecular formula is C30H41N5O7. The van der Waals surface area contributed by atoms with Gasteiger partial charge in [0.25, 0.3) is 0 Å². The summed E-state index contributed by atoms with van der Waals surface area (Å²) in [7, 11) is 0. The summed E-state index contributed by atoms with van der Waals surface area (Å²) in [5, 5.41) is 32.6. The maximum absolute atomic E-state index is 13.6. The zero-order valence-electron chi connectivity index (χ0n) is 24.6. The van der Waals surface area contributed by atoms with E-state index >= 15 is 0 Å². The molecule has 228 valence electrons. The van der Waals surface area contributed by atoms with Gasteiger partial charge in [0.1, 0.15) is 23.1 Å². The van der Waals surface area contributed by atoms with Gasteiger partial charge in [-0.1, -0.05) is 6.92 Å². The number of nitrogens with two attached hydrogens (primary N) is 1. The van der Waals surface area contributed by atoms with Gasteiger partial charge in [-0.3, -0.25) is 14.4 Å². The zero-order valence-corrected chi connectivity index (χ0v) is 24.6. The highest BCUT2D eigenvalue weighted by molar-refractivity contribution is 6.33. The predicted octanol–water partition coefficient (Wildman–Crippen LogP) is 3.25. The number of hydrogen-bond donors (Lipinski definition) is 7. The van der Waals surface area contributed by atoms with Gasteiger partial charge < -0.3 is 42.0 Å². The van der Waals surface area contributed by atoms with Crippen LogP contribution in [0, 0.1) is 0 Å². The van der Waals surface area contributed by atoms with E-state index in [1.165, 1.54) is 24.3 Å². The van der Waals surface area contributed by atoms with Gasteiger partial charge in [0, 0.05) is 31.0 Å². The Morgan fingerprint density at radius 2 is 1.40 bits per heavy atom. The van der Waals surface area contributed by atoms with E-state index in [1.54, 1.807) is 20.8 Å². The molecule has 42 heavy (non-hydrogen) atoms. The normalized spacial score (nSPS) is 13.1. The molecule has 1 atom stereocenters. The van der Waals surface area contributed by atoms with Gasteiger partial charge in [0.2, 0.25) is 17.5 Å². The Morgan fingerprint density at radius 1 is 0.857 bits per heavy atom. The van der Waals surface area contributed by atoms with Gasteiger partial charge in [-0.2, -0.15) is 0 Å². The number of amides is 2. The largest absolute Gasteiger partial charge is 0.507 e. The van der Waals surface area contributed by atoms with Gasteiger partial charge in [-0.15, -0.1) is 0 Å². The summed E-state index contributed by atoms with van der Waals surface area (Å²) < 4.78 is 5.28. The van der Waals surface area contributed by atoms with E-state index < -0.39 is 35.2 Å². The molecular weight excluding hydrogens is 542 g/mol. The van der Waals surface area contributed by atoms with Gasteiger partial charge in [-0.05, 0) is 77.3 Å². The first kappa shape index (κ1) is 32.2. The maximum Gasteiger partial charge on any atom is 0.408 e. The molecule has 2 amide bonds. The molecule has 1 aliphatic carbocycles.